The summed E-state index contributed by atoms with van der Waals surface area (Å²) in [6.45, 7) is 5.34. The van der Waals surface area contributed by atoms with E-state index in [0.29, 0.717) is 5.82 Å². The van der Waals surface area contributed by atoms with E-state index in [4.69, 9.17) is 0 Å². The third-order valence-corrected chi connectivity index (χ3v) is 5.57. The first-order chi connectivity index (χ1) is 13.7. The van der Waals surface area contributed by atoms with Crippen LogP contribution in [-0.4, -0.2) is 68.2 Å². The normalized spacial score (nSPS) is 15.6. The molecule has 28 heavy (non-hydrogen) atoms. The van der Waals surface area contributed by atoms with Crippen LogP contribution in [0.5, 0.6) is 0 Å². The SMILES string of the molecule is CCN1CCC(N(C)C(=O)c2ncc(-c3cnn(-c4ccccc4)c3)[nH]2)CC1. The number of hydrogen-bond donors (Lipinski definition) is 1. The lowest BCUT2D eigenvalue weighted by Gasteiger charge is -2.35. The molecule has 0 aliphatic carbocycles. The van der Waals surface area contributed by atoms with Crippen LogP contribution in [0.4, 0.5) is 0 Å². The zero-order valence-electron chi connectivity index (χ0n) is 16.4. The standard InChI is InChI=1S/C21H26N6O/c1-3-26-11-9-17(10-12-26)25(2)21(28)20-22-14-19(24-20)16-13-23-27(15-16)18-7-5-4-6-8-18/h4-8,13-15,17H,3,9-12H2,1-2H3,(H,22,24). The van der Waals surface area contributed by atoms with Crippen molar-refractivity contribution in [2.75, 3.05) is 26.7 Å². The van der Waals surface area contributed by atoms with Gasteiger partial charge in [-0.1, -0.05) is 25.1 Å². The van der Waals surface area contributed by atoms with Crippen LogP contribution in [-0.2, 0) is 0 Å². The number of piperidine rings is 1. The molecule has 7 heteroatoms. The number of likely N-dealkylation sites (tertiary alicyclic amines) is 1. The number of benzene rings is 1. The maximum atomic E-state index is 12.9. The molecule has 1 aliphatic rings. The largest absolute Gasteiger partial charge is 0.336 e. The fraction of sp³-hybridized carbons (Fsp3) is 0.381. The Labute approximate surface area is 165 Å². The predicted octanol–water partition coefficient (Wildman–Crippen LogP) is 2.82. The van der Waals surface area contributed by atoms with Crippen LogP contribution in [0.3, 0.4) is 0 Å². The quantitative estimate of drug-likeness (QED) is 0.741. The number of nitrogens with one attached hydrogen (secondary N) is 1. The van der Waals surface area contributed by atoms with Crippen molar-refractivity contribution in [1.29, 1.82) is 0 Å². The Hall–Kier alpha value is -2.93. The average Bonchev–Trinajstić information content (AvgIpc) is 3.43. The second-order valence-electron chi connectivity index (χ2n) is 7.24. The number of para-hydroxylation sites is 1. The van der Waals surface area contributed by atoms with Gasteiger partial charge < -0.3 is 14.8 Å². The fourth-order valence-corrected chi connectivity index (χ4v) is 3.72. The topological polar surface area (TPSA) is 70.0 Å². The second-order valence-corrected chi connectivity index (χ2v) is 7.24. The van der Waals surface area contributed by atoms with Crippen LogP contribution in [0.2, 0.25) is 0 Å². The molecule has 146 valence electrons. The molecule has 0 saturated carbocycles. The summed E-state index contributed by atoms with van der Waals surface area (Å²) in [4.78, 5) is 24.6. The van der Waals surface area contributed by atoms with Crippen molar-refractivity contribution in [2.45, 2.75) is 25.8 Å². The Morgan fingerprint density at radius 1 is 1.21 bits per heavy atom. The highest BCUT2D eigenvalue weighted by molar-refractivity contribution is 5.91. The molecular weight excluding hydrogens is 352 g/mol. The number of amides is 1. The van der Waals surface area contributed by atoms with Gasteiger partial charge in [0.1, 0.15) is 0 Å². The zero-order chi connectivity index (χ0) is 19.5. The lowest BCUT2D eigenvalue weighted by molar-refractivity contribution is 0.0636. The summed E-state index contributed by atoms with van der Waals surface area (Å²) in [5.74, 6) is 0.319. The van der Waals surface area contributed by atoms with Crippen molar-refractivity contribution >= 4 is 5.91 Å². The number of nitrogens with zero attached hydrogens (tertiary/aromatic N) is 5. The lowest BCUT2D eigenvalue weighted by atomic mass is 10.0. The van der Waals surface area contributed by atoms with Crippen molar-refractivity contribution in [3.05, 3.63) is 54.7 Å². The Morgan fingerprint density at radius 2 is 1.96 bits per heavy atom. The summed E-state index contributed by atoms with van der Waals surface area (Å²) in [7, 11) is 1.88. The average molecular weight is 378 g/mol. The monoisotopic (exact) mass is 378 g/mol. The molecule has 1 N–H and O–H groups in total. The molecule has 4 rings (SSSR count). The number of aromatic amines is 1. The zero-order valence-corrected chi connectivity index (χ0v) is 16.4. The summed E-state index contributed by atoms with van der Waals surface area (Å²) in [6, 6.07) is 10.2. The highest BCUT2D eigenvalue weighted by Gasteiger charge is 2.26. The molecule has 0 unspecified atom stereocenters. The third-order valence-electron chi connectivity index (χ3n) is 5.57. The van der Waals surface area contributed by atoms with Gasteiger partial charge in [-0.3, -0.25) is 4.79 Å². The summed E-state index contributed by atoms with van der Waals surface area (Å²) >= 11 is 0. The van der Waals surface area contributed by atoms with Gasteiger partial charge in [-0.25, -0.2) is 9.67 Å². The van der Waals surface area contributed by atoms with Gasteiger partial charge in [-0.15, -0.1) is 0 Å². The fourth-order valence-electron chi connectivity index (χ4n) is 3.72. The molecule has 0 bridgehead atoms. The van der Waals surface area contributed by atoms with E-state index in [2.05, 4.69) is 26.9 Å². The summed E-state index contributed by atoms with van der Waals surface area (Å²) in [5.41, 5.74) is 2.68. The first-order valence-corrected chi connectivity index (χ1v) is 9.80. The Morgan fingerprint density at radius 3 is 2.68 bits per heavy atom. The van der Waals surface area contributed by atoms with E-state index in [-0.39, 0.29) is 11.9 Å². The lowest BCUT2D eigenvalue weighted by Crippen LogP contribution is -2.45. The van der Waals surface area contributed by atoms with E-state index in [0.717, 1.165) is 49.4 Å². The molecule has 1 fully saturated rings. The van der Waals surface area contributed by atoms with E-state index in [1.807, 2.05) is 53.2 Å². The van der Waals surface area contributed by atoms with Gasteiger partial charge in [-0.05, 0) is 31.5 Å². The van der Waals surface area contributed by atoms with Gasteiger partial charge in [0.25, 0.3) is 5.91 Å². The summed E-state index contributed by atoms with van der Waals surface area (Å²) < 4.78 is 1.81. The molecule has 2 aromatic heterocycles. The molecule has 0 spiro atoms. The number of rotatable bonds is 5. The number of hydrogen-bond acceptors (Lipinski definition) is 4. The minimum atomic E-state index is -0.0587. The maximum absolute atomic E-state index is 12.9. The van der Waals surface area contributed by atoms with E-state index >= 15 is 0 Å². The van der Waals surface area contributed by atoms with Crippen LogP contribution >= 0.6 is 0 Å². The molecule has 3 heterocycles. The Kier molecular flexibility index (Phi) is 5.25. The molecule has 1 aliphatic heterocycles. The molecular formula is C21H26N6O. The van der Waals surface area contributed by atoms with Gasteiger partial charge >= 0.3 is 0 Å². The van der Waals surface area contributed by atoms with Gasteiger partial charge in [0.2, 0.25) is 0 Å². The summed E-state index contributed by atoms with van der Waals surface area (Å²) in [5, 5.41) is 4.41. The minimum absolute atomic E-state index is 0.0587. The van der Waals surface area contributed by atoms with Crippen LogP contribution in [0.25, 0.3) is 16.9 Å². The third kappa shape index (κ3) is 3.71. The smallest absolute Gasteiger partial charge is 0.289 e. The van der Waals surface area contributed by atoms with E-state index < -0.39 is 0 Å². The molecule has 0 atom stereocenters. The van der Waals surface area contributed by atoms with Gasteiger partial charge in [-0.2, -0.15) is 5.10 Å². The van der Waals surface area contributed by atoms with Crippen LogP contribution in [0.1, 0.15) is 30.4 Å². The number of carbonyl (C=O) groups excluding carboxylic acids is 1. The molecule has 3 aromatic rings. The molecule has 7 nitrogen and oxygen atoms in total. The number of carbonyl (C=O) groups is 1. The summed E-state index contributed by atoms with van der Waals surface area (Å²) in [6.07, 6.45) is 7.42. The number of H-pyrrole nitrogens is 1. The number of imidazole rings is 1. The van der Waals surface area contributed by atoms with Crippen molar-refractivity contribution in [3.63, 3.8) is 0 Å². The van der Waals surface area contributed by atoms with E-state index in [9.17, 15) is 4.79 Å². The predicted molar refractivity (Wildman–Crippen MR) is 108 cm³/mol. The first kappa shape index (κ1) is 18.4. The maximum Gasteiger partial charge on any atom is 0.289 e. The highest BCUT2D eigenvalue weighted by Crippen LogP contribution is 2.20. The minimum Gasteiger partial charge on any atom is -0.336 e. The van der Waals surface area contributed by atoms with Gasteiger partial charge in [0.15, 0.2) is 5.82 Å². The molecule has 1 amide bonds. The van der Waals surface area contributed by atoms with E-state index in [1.54, 1.807) is 12.4 Å². The molecule has 1 saturated heterocycles. The van der Waals surface area contributed by atoms with Crippen molar-refractivity contribution in [1.82, 2.24) is 29.5 Å². The number of aromatic nitrogens is 4. The van der Waals surface area contributed by atoms with Gasteiger partial charge in [0.05, 0.1) is 23.8 Å². The first-order valence-electron chi connectivity index (χ1n) is 9.80. The van der Waals surface area contributed by atoms with E-state index in [1.165, 1.54) is 0 Å². The van der Waals surface area contributed by atoms with Crippen LogP contribution < -0.4 is 0 Å². The molecule has 1 aromatic carbocycles. The van der Waals surface area contributed by atoms with Crippen LogP contribution in [0, 0.1) is 0 Å². The van der Waals surface area contributed by atoms with Crippen molar-refractivity contribution in [2.24, 2.45) is 0 Å². The van der Waals surface area contributed by atoms with Gasteiger partial charge in [0, 0.05) is 37.9 Å². The van der Waals surface area contributed by atoms with Crippen molar-refractivity contribution < 1.29 is 4.79 Å². The highest BCUT2D eigenvalue weighted by atomic mass is 16.2. The van der Waals surface area contributed by atoms with Crippen molar-refractivity contribution in [3.8, 4) is 16.9 Å². The Balaban J connectivity index is 1.45. The van der Waals surface area contributed by atoms with Crippen LogP contribution in [0.15, 0.2) is 48.9 Å². The Bertz CT molecular complexity index is 923. The second kappa shape index (κ2) is 7.98. The molecule has 0 radical (unpaired) electrons.